The summed E-state index contributed by atoms with van der Waals surface area (Å²) in [4.78, 5) is 4.99. The summed E-state index contributed by atoms with van der Waals surface area (Å²) in [6.07, 6.45) is 2.67. The zero-order chi connectivity index (χ0) is 12.1. The highest BCUT2D eigenvalue weighted by Crippen LogP contribution is 2.18. The molecule has 0 aromatic carbocycles. The van der Waals surface area contributed by atoms with Gasteiger partial charge >= 0.3 is 0 Å². The van der Waals surface area contributed by atoms with E-state index in [9.17, 15) is 0 Å². The maximum absolute atomic E-state index is 3.43. The standard InChI is InChI=1S/C13H29N3/c1-11(2)13(10-15(4)5)16-8-6-7-12(9-16)14-3/h11-14H,6-10H2,1-5H3. The van der Waals surface area contributed by atoms with Crippen LogP contribution < -0.4 is 5.32 Å². The van der Waals surface area contributed by atoms with Crippen LogP contribution in [-0.2, 0) is 0 Å². The van der Waals surface area contributed by atoms with Crippen LogP contribution in [0.2, 0.25) is 0 Å². The van der Waals surface area contributed by atoms with Gasteiger partial charge in [0.05, 0.1) is 0 Å². The summed E-state index contributed by atoms with van der Waals surface area (Å²) >= 11 is 0. The minimum atomic E-state index is 0.692. The van der Waals surface area contributed by atoms with Crippen molar-refractivity contribution in [3.8, 4) is 0 Å². The molecule has 0 aromatic rings. The van der Waals surface area contributed by atoms with E-state index in [0.29, 0.717) is 12.1 Å². The molecule has 0 aliphatic carbocycles. The van der Waals surface area contributed by atoms with Gasteiger partial charge in [-0.2, -0.15) is 0 Å². The van der Waals surface area contributed by atoms with Gasteiger partial charge in [-0.1, -0.05) is 13.8 Å². The van der Waals surface area contributed by atoms with Crippen molar-refractivity contribution in [2.24, 2.45) is 5.92 Å². The third-order valence-corrected chi connectivity index (χ3v) is 3.65. The van der Waals surface area contributed by atoms with E-state index in [1.54, 1.807) is 0 Å². The number of piperidine rings is 1. The molecule has 16 heavy (non-hydrogen) atoms. The Morgan fingerprint density at radius 3 is 2.56 bits per heavy atom. The summed E-state index contributed by atoms with van der Waals surface area (Å²) in [6.45, 7) is 8.35. The van der Waals surface area contributed by atoms with Crippen LogP contribution in [0.5, 0.6) is 0 Å². The lowest BCUT2D eigenvalue weighted by molar-refractivity contribution is 0.0894. The maximum atomic E-state index is 3.43. The molecule has 1 rings (SSSR count). The van der Waals surface area contributed by atoms with E-state index < -0.39 is 0 Å². The molecule has 2 atom stereocenters. The fraction of sp³-hybridized carbons (Fsp3) is 1.00. The first-order chi connectivity index (χ1) is 7.54. The first-order valence-corrected chi connectivity index (χ1v) is 6.60. The molecule has 96 valence electrons. The van der Waals surface area contributed by atoms with Crippen LogP contribution in [0.3, 0.4) is 0 Å². The normalized spacial score (nSPS) is 25.3. The fourth-order valence-electron chi connectivity index (χ4n) is 2.67. The lowest BCUT2D eigenvalue weighted by Gasteiger charge is -2.41. The molecule has 1 aliphatic rings. The molecule has 1 aliphatic heterocycles. The molecule has 0 aromatic heterocycles. The van der Waals surface area contributed by atoms with E-state index in [0.717, 1.165) is 5.92 Å². The van der Waals surface area contributed by atoms with Crippen molar-refractivity contribution in [3.63, 3.8) is 0 Å². The average Bonchev–Trinajstić information content (AvgIpc) is 2.25. The molecule has 0 amide bonds. The number of nitrogens with one attached hydrogen (secondary N) is 1. The smallest absolute Gasteiger partial charge is 0.0246 e. The van der Waals surface area contributed by atoms with Gasteiger partial charge in [-0.3, -0.25) is 4.90 Å². The van der Waals surface area contributed by atoms with Crippen LogP contribution in [0.25, 0.3) is 0 Å². The Labute approximate surface area is 101 Å². The van der Waals surface area contributed by atoms with Gasteiger partial charge in [-0.05, 0) is 46.4 Å². The molecule has 1 fully saturated rings. The zero-order valence-electron chi connectivity index (χ0n) is 11.7. The van der Waals surface area contributed by atoms with Gasteiger partial charge in [0.15, 0.2) is 0 Å². The molecule has 3 heteroatoms. The Kier molecular flexibility index (Phi) is 5.73. The van der Waals surface area contributed by atoms with E-state index in [1.165, 1.54) is 32.5 Å². The predicted molar refractivity (Wildman–Crippen MR) is 70.8 cm³/mol. The van der Waals surface area contributed by atoms with Crippen LogP contribution in [-0.4, -0.2) is 62.7 Å². The Balaban J connectivity index is 2.55. The Hall–Kier alpha value is -0.120. The van der Waals surface area contributed by atoms with Gasteiger partial charge in [0.25, 0.3) is 0 Å². The topological polar surface area (TPSA) is 18.5 Å². The average molecular weight is 227 g/mol. The van der Waals surface area contributed by atoms with Crippen LogP contribution in [0.15, 0.2) is 0 Å². The number of nitrogens with zero attached hydrogens (tertiary/aromatic N) is 2. The second-order valence-electron chi connectivity index (χ2n) is 5.70. The highest BCUT2D eigenvalue weighted by atomic mass is 15.2. The first kappa shape index (κ1) is 13.9. The molecule has 2 unspecified atom stereocenters. The summed E-state index contributed by atoms with van der Waals surface area (Å²) in [6, 6.07) is 1.39. The van der Waals surface area contributed by atoms with Crippen molar-refractivity contribution in [2.75, 3.05) is 40.8 Å². The SMILES string of the molecule is CNC1CCCN(C(CN(C)C)C(C)C)C1. The lowest BCUT2D eigenvalue weighted by Crippen LogP contribution is -2.53. The molecule has 1 N–H and O–H groups in total. The molecular weight excluding hydrogens is 198 g/mol. The Morgan fingerprint density at radius 1 is 1.38 bits per heavy atom. The highest BCUT2D eigenvalue weighted by molar-refractivity contribution is 4.84. The Bertz CT molecular complexity index is 192. The van der Waals surface area contributed by atoms with E-state index >= 15 is 0 Å². The molecule has 1 heterocycles. The van der Waals surface area contributed by atoms with Crippen molar-refractivity contribution in [1.29, 1.82) is 0 Å². The third-order valence-electron chi connectivity index (χ3n) is 3.65. The van der Waals surface area contributed by atoms with Gasteiger partial charge in [0, 0.05) is 25.2 Å². The van der Waals surface area contributed by atoms with Crippen LogP contribution >= 0.6 is 0 Å². The van der Waals surface area contributed by atoms with Gasteiger partial charge in [0.2, 0.25) is 0 Å². The van der Waals surface area contributed by atoms with Crippen molar-refractivity contribution in [1.82, 2.24) is 15.1 Å². The number of rotatable bonds is 5. The number of likely N-dealkylation sites (tertiary alicyclic amines) is 1. The minimum Gasteiger partial charge on any atom is -0.316 e. The van der Waals surface area contributed by atoms with E-state index in [-0.39, 0.29) is 0 Å². The predicted octanol–water partition coefficient (Wildman–Crippen LogP) is 1.26. The molecule has 0 bridgehead atoms. The number of hydrogen-bond donors (Lipinski definition) is 1. The summed E-state index contributed by atoms with van der Waals surface area (Å²) in [5.41, 5.74) is 0. The van der Waals surface area contributed by atoms with Crippen LogP contribution in [0.1, 0.15) is 26.7 Å². The summed E-state index contributed by atoms with van der Waals surface area (Å²) in [7, 11) is 6.44. The second kappa shape index (κ2) is 6.58. The number of likely N-dealkylation sites (N-methyl/N-ethyl adjacent to an activating group) is 2. The number of hydrogen-bond acceptors (Lipinski definition) is 3. The van der Waals surface area contributed by atoms with Crippen molar-refractivity contribution >= 4 is 0 Å². The molecule has 3 nitrogen and oxygen atoms in total. The van der Waals surface area contributed by atoms with Crippen molar-refractivity contribution in [2.45, 2.75) is 38.8 Å². The molecule has 0 spiro atoms. The quantitative estimate of drug-likeness (QED) is 0.763. The summed E-state index contributed by atoms with van der Waals surface area (Å²) < 4.78 is 0. The highest BCUT2D eigenvalue weighted by Gasteiger charge is 2.27. The minimum absolute atomic E-state index is 0.692. The molecule has 1 saturated heterocycles. The molecule has 0 radical (unpaired) electrons. The maximum Gasteiger partial charge on any atom is 0.0246 e. The van der Waals surface area contributed by atoms with Crippen LogP contribution in [0.4, 0.5) is 0 Å². The molecule has 0 saturated carbocycles. The van der Waals surface area contributed by atoms with Gasteiger partial charge in [-0.15, -0.1) is 0 Å². The van der Waals surface area contributed by atoms with E-state index in [4.69, 9.17) is 0 Å². The van der Waals surface area contributed by atoms with Crippen molar-refractivity contribution < 1.29 is 0 Å². The van der Waals surface area contributed by atoms with Crippen molar-refractivity contribution in [3.05, 3.63) is 0 Å². The first-order valence-electron chi connectivity index (χ1n) is 6.60. The zero-order valence-corrected chi connectivity index (χ0v) is 11.7. The second-order valence-corrected chi connectivity index (χ2v) is 5.70. The Morgan fingerprint density at radius 2 is 2.06 bits per heavy atom. The van der Waals surface area contributed by atoms with Gasteiger partial charge in [-0.25, -0.2) is 0 Å². The van der Waals surface area contributed by atoms with Gasteiger partial charge < -0.3 is 10.2 Å². The summed E-state index contributed by atoms with van der Waals surface area (Å²) in [5.74, 6) is 0.734. The lowest BCUT2D eigenvalue weighted by atomic mass is 9.97. The molecular formula is C13H29N3. The largest absolute Gasteiger partial charge is 0.316 e. The van der Waals surface area contributed by atoms with E-state index in [2.05, 4.69) is 50.1 Å². The van der Waals surface area contributed by atoms with Crippen LogP contribution in [0, 0.1) is 5.92 Å². The fourth-order valence-corrected chi connectivity index (χ4v) is 2.67. The van der Waals surface area contributed by atoms with E-state index in [1.807, 2.05) is 0 Å². The summed E-state index contributed by atoms with van der Waals surface area (Å²) in [5, 5.41) is 3.43. The monoisotopic (exact) mass is 227 g/mol. The van der Waals surface area contributed by atoms with Gasteiger partial charge in [0.1, 0.15) is 0 Å². The third kappa shape index (κ3) is 4.04.